The maximum absolute atomic E-state index is 6.13. The van der Waals surface area contributed by atoms with Crippen LogP contribution in [0, 0.1) is 17.3 Å². The molecule has 0 heterocycles. The molecular formula is C12H22OSi. The highest BCUT2D eigenvalue weighted by molar-refractivity contribution is 6.70. The van der Waals surface area contributed by atoms with E-state index in [4.69, 9.17) is 4.43 Å². The van der Waals surface area contributed by atoms with E-state index in [2.05, 4.69) is 39.6 Å². The summed E-state index contributed by atoms with van der Waals surface area (Å²) in [4.78, 5) is 0. The fraction of sp³-hybridized carbons (Fsp3) is 0.833. The molecular weight excluding hydrogens is 188 g/mol. The van der Waals surface area contributed by atoms with Gasteiger partial charge in [0.25, 0.3) is 0 Å². The van der Waals surface area contributed by atoms with E-state index in [-0.39, 0.29) is 0 Å². The molecule has 0 aromatic carbocycles. The maximum Gasteiger partial charge on any atom is 0.241 e. The van der Waals surface area contributed by atoms with Gasteiger partial charge in [-0.05, 0) is 49.9 Å². The minimum Gasteiger partial charge on any atom is -0.547 e. The topological polar surface area (TPSA) is 9.23 Å². The van der Waals surface area contributed by atoms with Crippen LogP contribution in [-0.4, -0.2) is 8.32 Å². The van der Waals surface area contributed by atoms with Gasteiger partial charge in [0.15, 0.2) is 0 Å². The summed E-state index contributed by atoms with van der Waals surface area (Å²) in [5.41, 5.74) is 0.525. The van der Waals surface area contributed by atoms with Crippen molar-refractivity contribution in [2.24, 2.45) is 17.3 Å². The molecule has 1 nitrogen and oxygen atoms in total. The van der Waals surface area contributed by atoms with Gasteiger partial charge in [0, 0.05) is 5.92 Å². The van der Waals surface area contributed by atoms with Crippen LogP contribution in [0.25, 0.3) is 0 Å². The summed E-state index contributed by atoms with van der Waals surface area (Å²) in [6.07, 6.45) is 4.92. The zero-order valence-corrected chi connectivity index (χ0v) is 11.1. The summed E-state index contributed by atoms with van der Waals surface area (Å²) >= 11 is 0. The Morgan fingerprint density at radius 1 is 1.36 bits per heavy atom. The first kappa shape index (κ1) is 10.3. The Morgan fingerprint density at radius 3 is 2.57 bits per heavy atom. The Balaban J connectivity index is 2.07. The average molecular weight is 210 g/mol. The van der Waals surface area contributed by atoms with Gasteiger partial charge >= 0.3 is 0 Å². The zero-order valence-electron chi connectivity index (χ0n) is 10.1. The van der Waals surface area contributed by atoms with Gasteiger partial charge in [-0.25, -0.2) is 0 Å². The zero-order chi connectivity index (χ0) is 10.6. The van der Waals surface area contributed by atoms with Crippen molar-refractivity contribution >= 4 is 8.32 Å². The first-order valence-electron chi connectivity index (χ1n) is 5.69. The summed E-state index contributed by atoms with van der Waals surface area (Å²) in [5.74, 6) is 3.00. The largest absolute Gasteiger partial charge is 0.547 e. The van der Waals surface area contributed by atoms with E-state index in [1.54, 1.807) is 0 Å². The molecule has 1 fully saturated rings. The Hall–Kier alpha value is -0.243. The predicted octanol–water partition coefficient (Wildman–Crippen LogP) is 3.79. The number of fused-ring (bicyclic) bond motifs is 1. The fourth-order valence-corrected chi connectivity index (χ4v) is 3.45. The molecule has 2 aliphatic rings. The first-order chi connectivity index (χ1) is 6.30. The van der Waals surface area contributed by atoms with Crippen LogP contribution in [0.5, 0.6) is 0 Å². The van der Waals surface area contributed by atoms with Crippen molar-refractivity contribution < 1.29 is 4.43 Å². The van der Waals surface area contributed by atoms with Crippen LogP contribution >= 0.6 is 0 Å². The van der Waals surface area contributed by atoms with E-state index in [0.29, 0.717) is 5.41 Å². The molecule has 14 heavy (non-hydrogen) atoms. The minimum absolute atomic E-state index is 0.525. The van der Waals surface area contributed by atoms with Crippen molar-refractivity contribution in [3.63, 3.8) is 0 Å². The second-order valence-electron chi connectivity index (χ2n) is 6.46. The van der Waals surface area contributed by atoms with Crippen LogP contribution in [0.2, 0.25) is 19.6 Å². The Labute approximate surface area is 88.7 Å². The van der Waals surface area contributed by atoms with E-state index >= 15 is 0 Å². The summed E-state index contributed by atoms with van der Waals surface area (Å²) < 4.78 is 6.13. The summed E-state index contributed by atoms with van der Waals surface area (Å²) in [6, 6.07) is 0. The standard InChI is InChI=1S/C12H22OSi/c1-12(2)7-6-11(9-8-10(9)12)13-14(3,4)5/h6,9-10H,7-8H2,1-5H3. The third-order valence-electron chi connectivity index (χ3n) is 3.41. The predicted molar refractivity (Wildman–Crippen MR) is 62.5 cm³/mol. The maximum atomic E-state index is 6.13. The lowest BCUT2D eigenvalue weighted by Crippen LogP contribution is -2.28. The summed E-state index contributed by atoms with van der Waals surface area (Å²) in [5, 5.41) is 0. The van der Waals surface area contributed by atoms with E-state index in [0.717, 1.165) is 11.8 Å². The molecule has 2 unspecified atom stereocenters. The molecule has 0 saturated heterocycles. The lowest BCUT2D eigenvalue weighted by molar-refractivity contribution is 0.255. The van der Waals surface area contributed by atoms with Crippen molar-refractivity contribution in [3.8, 4) is 0 Å². The van der Waals surface area contributed by atoms with Crippen LogP contribution < -0.4 is 0 Å². The quantitative estimate of drug-likeness (QED) is 0.630. The number of rotatable bonds is 2. The summed E-state index contributed by atoms with van der Waals surface area (Å²) in [7, 11) is -1.37. The molecule has 1 saturated carbocycles. The van der Waals surface area contributed by atoms with Crippen LogP contribution in [0.1, 0.15) is 26.7 Å². The van der Waals surface area contributed by atoms with Crippen LogP contribution in [0.4, 0.5) is 0 Å². The van der Waals surface area contributed by atoms with Crippen LogP contribution in [0.3, 0.4) is 0 Å². The highest BCUT2D eigenvalue weighted by Crippen LogP contribution is 2.59. The van der Waals surface area contributed by atoms with Gasteiger partial charge in [0.2, 0.25) is 8.32 Å². The summed E-state index contributed by atoms with van der Waals surface area (Å²) in [6.45, 7) is 11.6. The van der Waals surface area contributed by atoms with E-state index < -0.39 is 8.32 Å². The van der Waals surface area contributed by atoms with Gasteiger partial charge in [-0.2, -0.15) is 0 Å². The lowest BCUT2D eigenvalue weighted by atomic mass is 9.79. The van der Waals surface area contributed by atoms with Gasteiger partial charge in [-0.3, -0.25) is 0 Å². The Morgan fingerprint density at radius 2 is 2.00 bits per heavy atom. The lowest BCUT2D eigenvalue weighted by Gasteiger charge is -2.31. The molecule has 0 spiro atoms. The van der Waals surface area contributed by atoms with Crippen molar-refractivity contribution in [2.45, 2.75) is 46.3 Å². The van der Waals surface area contributed by atoms with Gasteiger partial charge in [0.1, 0.15) is 0 Å². The van der Waals surface area contributed by atoms with Gasteiger partial charge in [0.05, 0.1) is 5.76 Å². The molecule has 0 radical (unpaired) electrons. The Kier molecular flexibility index (Phi) is 2.11. The molecule has 0 amide bonds. The van der Waals surface area contributed by atoms with Gasteiger partial charge < -0.3 is 4.43 Å². The van der Waals surface area contributed by atoms with E-state index in [1.807, 2.05) is 0 Å². The SMILES string of the molecule is CC1(C)CC=C(O[Si](C)(C)C)C2CC21. The Bertz CT molecular complexity index is 273. The highest BCUT2D eigenvalue weighted by atomic mass is 28.4. The molecule has 80 valence electrons. The van der Waals surface area contributed by atoms with E-state index in [9.17, 15) is 0 Å². The van der Waals surface area contributed by atoms with Crippen LogP contribution in [-0.2, 0) is 4.43 Å². The minimum atomic E-state index is -1.37. The number of hydrogen-bond donors (Lipinski definition) is 0. The monoisotopic (exact) mass is 210 g/mol. The molecule has 2 heteroatoms. The van der Waals surface area contributed by atoms with Crippen molar-refractivity contribution in [1.29, 1.82) is 0 Å². The van der Waals surface area contributed by atoms with Crippen molar-refractivity contribution in [3.05, 3.63) is 11.8 Å². The third kappa shape index (κ3) is 1.90. The molecule has 0 bridgehead atoms. The van der Waals surface area contributed by atoms with Gasteiger partial charge in [-0.15, -0.1) is 0 Å². The molecule has 2 atom stereocenters. The normalized spacial score (nSPS) is 34.5. The first-order valence-corrected chi connectivity index (χ1v) is 9.09. The third-order valence-corrected chi connectivity index (χ3v) is 4.26. The van der Waals surface area contributed by atoms with Gasteiger partial charge in [-0.1, -0.05) is 13.8 Å². The average Bonchev–Trinajstić information content (AvgIpc) is 2.72. The smallest absolute Gasteiger partial charge is 0.241 e. The highest BCUT2D eigenvalue weighted by Gasteiger charge is 2.52. The molecule has 0 N–H and O–H groups in total. The second kappa shape index (κ2) is 2.88. The number of allylic oxidation sites excluding steroid dienone is 2. The molecule has 0 aromatic rings. The van der Waals surface area contributed by atoms with Crippen molar-refractivity contribution in [1.82, 2.24) is 0 Å². The molecule has 0 aromatic heterocycles. The second-order valence-corrected chi connectivity index (χ2v) is 10.9. The van der Waals surface area contributed by atoms with Crippen molar-refractivity contribution in [2.75, 3.05) is 0 Å². The molecule has 2 aliphatic carbocycles. The van der Waals surface area contributed by atoms with E-state index in [1.165, 1.54) is 18.6 Å². The fourth-order valence-electron chi connectivity index (χ4n) is 2.51. The molecule has 2 rings (SSSR count). The molecule has 0 aliphatic heterocycles. The van der Waals surface area contributed by atoms with Crippen LogP contribution in [0.15, 0.2) is 11.8 Å². The number of hydrogen-bond acceptors (Lipinski definition) is 1.